The van der Waals surface area contributed by atoms with E-state index in [-0.39, 0.29) is 11.2 Å². The van der Waals surface area contributed by atoms with E-state index in [9.17, 15) is 8.42 Å². The van der Waals surface area contributed by atoms with E-state index in [4.69, 9.17) is 8.97 Å². The van der Waals surface area contributed by atoms with E-state index in [0.717, 1.165) is 28.6 Å². The van der Waals surface area contributed by atoms with Gasteiger partial charge in [-0.1, -0.05) is 63.3 Å². The van der Waals surface area contributed by atoms with Crippen LogP contribution in [0.3, 0.4) is 0 Å². The van der Waals surface area contributed by atoms with Crippen molar-refractivity contribution in [3.8, 4) is 0 Å². The van der Waals surface area contributed by atoms with Crippen molar-refractivity contribution in [1.82, 2.24) is 0 Å². The van der Waals surface area contributed by atoms with Crippen molar-refractivity contribution in [1.29, 1.82) is 0 Å². The second-order valence-corrected chi connectivity index (χ2v) is 11.3. The Bertz CT molecular complexity index is 1350. The molecule has 3 rings (SSSR count). The first-order valence-corrected chi connectivity index (χ1v) is 13.4. The molecule has 0 fully saturated rings. The molecule has 0 atom stereocenters. The van der Waals surface area contributed by atoms with Gasteiger partial charge in [-0.15, -0.1) is 0 Å². The molecule has 0 bridgehead atoms. The van der Waals surface area contributed by atoms with Crippen molar-refractivity contribution in [2.24, 2.45) is 10.4 Å². The fraction of sp³-hybridized carbons (Fsp3) is 0.321. The SMILES string of the molecule is CC(C)(C)CCN=c1cc(/C=C/C=C/Nc2ccccc2)c2ccc(CCCS(=O)(=O)O)cc2o1. The molecule has 0 unspecified atom stereocenters. The molecule has 0 saturated heterocycles. The molecule has 0 aliphatic heterocycles. The quantitative estimate of drug-likeness (QED) is 0.257. The molecule has 186 valence electrons. The van der Waals surface area contributed by atoms with E-state index in [2.05, 4.69) is 31.1 Å². The van der Waals surface area contributed by atoms with E-state index < -0.39 is 10.1 Å². The van der Waals surface area contributed by atoms with Gasteiger partial charge in [-0.25, -0.2) is 0 Å². The smallest absolute Gasteiger partial charge is 0.264 e. The minimum absolute atomic E-state index is 0.180. The van der Waals surface area contributed by atoms with E-state index in [1.54, 1.807) is 0 Å². The third-order valence-electron chi connectivity index (χ3n) is 5.35. The highest BCUT2D eigenvalue weighted by Crippen LogP contribution is 2.21. The van der Waals surface area contributed by atoms with Gasteiger partial charge in [0.2, 0.25) is 5.55 Å². The van der Waals surface area contributed by atoms with E-state index in [0.29, 0.717) is 30.5 Å². The second-order valence-electron chi connectivity index (χ2n) is 9.68. The van der Waals surface area contributed by atoms with Crippen molar-refractivity contribution in [2.45, 2.75) is 40.0 Å². The van der Waals surface area contributed by atoms with Gasteiger partial charge >= 0.3 is 0 Å². The summed E-state index contributed by atoms with van der Waals surface area (Å²) in [6.45, 7) is 7.21. The van der Waals surface area contributed by atoms with Gasteiger partial charge in [-0.3, -0.25) is 9.55 Å². The Morgan fingerprint density at radius 1 is 1.06 bits per heavy atom. The predicted octanol–water partition coefficient (Wildman–Crippen LogP) is 6.23. The molecule has 0 spiro atoms. The molecular weight excluding hydrogens is 460 g/mol. The number of nitrogens with one attached hydrogen (secondary N) is 1. The summed E-state index contributed by atoms with van der Waals surface area (Å²) < 4.78 is 37.1. The lowest BCUT2D eigenvalue weighted by Crippen LogP contribution is -2.09. The average molecular weight is 495 g/mol. The first-order chi connectivity index (χ1) is 16.6. The molecule has 1 heterocycles. The van der Waals surface area contributed by atoms with Crippen LogP contribution in [-0.4, -0.2) is 25.3 Å². The van der Waals surface area contributed by atoms with Crippen molar-refractivity contribution in [3.63, 3.8) is 0 Å². The molecule has 35 heavy (non-hydrogen) atoms. The Morgan fingerprint density at radius 3 is 2.54 bits per heavy atom. The monoisotopic (exact) mass is 494 g/mol. The van der Waals surface area contributed by atoms with Crippen LogP contribution in [0.5, 0.6) is 0 Å². The summed E-state index contributed by atoms with van der Waals surface area (Å²) in [7, 11) is -3.96. The number of allylic oxidation sites excluding steroid dienone is 2. The lowest BCUT2D eigenvalue weighted by Gasteiger charge is -2.15. The van der Waals surface area contributed by atoms with Crippen molar-refractivity contribution in [3.05, 3.63) is 89.6 Å². The number of rotatable bonds is 10. The molecule has 2 aromatic carbocycles. The van der Waals surface area contributed by atoms with Crippen molar-refractivity contribution in [2.75, 3.05) is 17.6 Å². The molecule has 0 aliphatic carbocycles. The summed E-state index contributed by atoms with van der Waals surface area (Å²) in [6, 6.07) is 17.7. The maximum absolute atomic E-state index is 11.0. The number of hydrogen-bond donors (Lipinski definition) is 2. The van der Waals surface area contributed by atoms with Gasteiger partial charge in [0.25, 0.3) is 10.1 Å². The molecule has 0 amide bonds. The summed E-state index contributed by atoms with van der Waals surface area (Å²) in [5.41, 5.74) is 4.37. The molecule has 7 heteroatoms. The standard InChI is InChI=1S/C28H34N2O4S/c1-28(2,3)16-18-30-27-21-23(11-7-8-17-29-24-12-5-4-6-13-24)25-15-14-22(20-26(25)34-27)10-9-19-35(31,32)33/h4-8,11-15,17,20-21,29H,9-10,16,18-19H2,1-3H3,(H,31,32,33)/b11-7+,17-8+,30-27?. The number of nitrogens with zero attached hydrogens (tertiary/aromatic N) is 1. The summed E-state index contributed by atoms with van der Waals surface area (Å²) in [4.78, 5) is 4.67. The minimum Gasteiger partial charge on any atom is -0.439 e. The molecule has 2 N–H and O–H groups in total. The highest BCUT2D eigenvalue weighted by atomic mass is 32.2. The summed E-state index contributed by atoms with van der Waals surface area (Å²) in [5.74, 6) is -0.262. The normalized spacial score (nSPS) is 13.3. The van der Waals surface area contributed by atoms with Crippen LogP contribution >= 0.6 is 0 Å². The van der Waals surface area contributed by atoms with Gasteiger partial charge in [0.15, 0.2) is 0 Å². The van der Waals surface area contributed by atoms with E-state index in [1.165, 1.54) is 0 Å². The zero-order valence-corrected chi connectivity index (χ0v) is 21.4. The second kappa shape index (κ2) is 12.0. The molecule has 1 aromatic heterocycles. The third-order valence-corrected chi connectivity index (χ3v) is 6.16. The molecular formula is C28H34N2O4S. The van der Waals surface area contributed by atoms with Crippen molar-refractivity contribution >= 4 is 32.9 Å². The first-order valence-electron chi connectivity index (χ1n) is 11.8. The van der Waals surface area contributed by atoms with Crippen LogP contribution in [0, 0.1) is 5.41 Å². The highest BCUT2D eigenvalue weighted by Gasteiger charge is 2.10. The zero-order chi connectivity index (χ0) is 25.3. The van der Waals surface area contributed by atoms with Gasteiger partial charge in [0.1, 0.15) is 5.58 Å². The number of hydrogen-bond acceptors (Lipinski definition) is 5. The maximum atomic E-state index is 11.0. The Morgan fingerprint density at radius 2 is 1.83 bits per heavy atom. The van der Waals surface area contributed by atoms with Gasteiger partial charge in [-0.05, 0) is 60.1 Å². The third kappa shape index (κ3) is 9.54. The average Bonchev–Trinajstić information content (AvgIpc) is 2.77. The number of benzene rings is 2. The molecule has 0 aliphatic rings. The summed E-state index contributed by atoms with van der Waals surface area (Å²) >= 11 is 0. The number of para-hydroxylation sites is 1. The molecule has 0 saturated carbocycles. The summed E-state index contributed by atoms with van der Waals surface area (Å²) in [6.07, 6.45) is 9.59. The van der Waals surface area contributed by atoms with Gasteiger partial charge in [0.05, 0.1) is 5.75 Å². The summed E-state index contributed by atoms with van der Waals surface area (Å²) in [5, 5.41) is 4.17. The largest absolute Gasteiger partial charge is 0.439 e. The fourth-order valence-electron chi connectivity index (χ4n) is 3.47. The van der Waals surface area contributed by atoms with Gasteiger partial charge in [-0.2, -0.15) is 8.42 Å². The Kier molecular flexibility index (Phi) is 9.07. The molecule has 6 nitrogen and oxygen atoms in total. The molecule has 3 aromatic rings. The lowest BCUT2D eigenvalue weighted by atomic mass is 9.92. The van der Waals surface area contributed by atoms with Gasteiger partial charge in [0, 0.05) is 29.9 Å². The minimum atomic E-state index is -3.96. The highest BCUT2D eigenvalue weighted by molar-refractivity contribution is 7.85. The maximum Gasteiger partial charge on any atom is 0.264 e. The topological polar surface area (TPSA) is 91.9 Å². The Labute approximate surface area is 207 Å². The lowest BCUT2D eigenvalue weighted by molar-refractivity contribution is 0.380. The Hall–Kier alpha value is -3.16. The first kappa shape index (κ1) is 26.4. The Balaban J connectivity index is 1.86. The van der Waals surface area contributed by atoms with Crippen LogP contribution in [0.25, 0.3) is 17.0 Å². The number of fused-ring (bicyclic) bond motifs is 1. The molecule has 0 radical (unpaired) electrons. The van der Waals surface area contributed by atoms with Crippen LogP contribution in [-0.2, 0) is 16.5 Å². The van der Waals surface area contributed by atoms with Crippen molar-refractivity contribution < 1.29 is 17.4 Å². The number of aryl methyl sites for hydroxylation is 1. The van der Waals surface area contributed by atoms with Crippen LogP contribution in [0.4, 0.5) is 5.69 Å². The van der Waals surface area contributed by atoms with Crippen LogP contribution in [0.1, 0.15) is 44.7 Å². The van der Waals surface area contributed by atoms with Crippen LogP contribution in [0.15, 0.2) is 82.4 Å². The predicted molar refractivity (Wildman–Crippen MR) is 144 cm³/mol. The zero-order valence-electron chi connectivity index (χ0n) is 20.6. The fourth-order valence-corrected chi connectivity index (χ4v) is 3.98. The number of anilines is 1. The van der Waals surface area contributed by atoms with Crippen LogP contribution in [0.2, 0.25) is 0 Å². The van der Waals surface area contributed by atoms with Gasteiger partial charge < -0.3 is 9.73 Å². The van der Waals surface area contributed by atoms with E-state index in [1.807, 2.05) is 79.0 Å². The van der Waals surface area contributed by atoms with Crippen LogP contribution < -0.4 is 10.9 Å². The van der Waals surface area contributed by atoms with E-state index >= 15 is 0 Å².